The van der Waals surface area contributed by atoms with E-state index in [1.54, 1.807) is 18.2 Å². The first kappa shape index (κ1) is 14.3. The predicted octanol–water partition coefficient (Wildman–Crippen LogP) is 5.15. The first-order valence-electron chi connectivity index (χ1n) is 5.19. The Morgan fingerprint density at radius 3 is 2.37 bits per heavy atom. The summed E-state index contributed by atoms with van der Waals surface area (Å²) in [6, 6.07) is 8.74. The van der Waals surface area contributed by atoms with Crippen molar-refractivity contribution >= 4 is 50.7 Å². The van der Waals surface area contributed by atoms with Gasteiger partial charge in [0.25, 0.3) is 5.91 Å². The smallest absolute Gasteiger partial charge is 0.258 e. The summed E-state index contributed by atoms with van der Waals surface area (Å²) in [6.45, 7) is 0. The van der Waals surface area contributed by atoms with Gasteiger partial charge in [0, 0.05) is 4.47 Å². The van der Waals surface area contributed by atoms with Crippen molar-refractivity contribution in [3.8, 4) is 0 Å². The lowest BCUT2D eigenvalue weighted by Crippen LogP contribution is -2.13. The Bertz CT molecular complexity index is 628. The van der Waals surface area contributed by atoms with Crippen LogP contribution in [-0.4, -0.2) is 5.91 Å². The van der Waals surface area contributed by atoms with Crippen LogP contribution in [0.5, 0.6) is 0 Å². The van der Waals surface area contributed by atoms with Crippen LogP contribution < -0.4 is 5.32 Å². The minimum absolute atomic E-state index is 0.182. The molecule has 2 nitrogen and oxygen atoms in total. The quantitative estimate of drug-likeness (QED) is 0.786. The van der Waals surface area contributed by atoms with Gasteiger partial charge in [-0.2, -0.15) is 0 Å². The summed E-state index contributed by atoms with van der Waals surface area (Å²) in [5.41, 5.74) is 0.615. The summed E-state index contributed by atoms with van der Waals surface area (Å²) in [5, 5.41) is 3.12. The molecule has 0 saturated heterocycles. The van der Waals surface area contributed by atoms with Crippen molar-refractivity contribution in [1.29, 1.82) is 0 Å². The maximum absolute atomic E-state index is 13.0. The van der Waals surface area contributed by atoms with Gasteiger partial charge in [-0.3, -0.25) is 4.79 Å². The second-order valence-corrected chi connectivity index (χ2v) is 5.34. The molecular formula is C13H7BrCl2FNO. The fourth-order valence-corrected chi connectivity index (χ4v) is 2.51. The number of carbonyl (C=O) groups excluding carboxylic acids is 1. The maximum Gasteiger partial charge on any atom is 0.258 e. The molecule has 0 aliphatic heterocycles. The molecule has 6 heteroatoms. The molecule has 0 aromatic heterocycles. The van der Waals surface area contributed by atoms with Crippen LogP contribution in [0.1, 0.15) is 10.4 Å². The number of amides is 1. The van der Waals surface area contributed by atoms with E-state index in [0.29, 0.717) is 10.2 Å². The van der Waals surface area contributed by atoms with Crippen molar-refractivity contribution in [3.05, 3.63) is 62.3 Å². The van der Waals surface area contributed by atoms with Crippen molar-refractivity contribution < 1.29 is 9.18 Å². The fraction of sp³-hybridized carbons (Fsp3) is 0. The Morgan fingerprint density at radius 2 is 1.79 bits per heavy atom. The van der Waals surface area contributed by atoms with Crippen molar-refractivity contribution in [1.82, 2.24) is 0 Å². The lowest BCUT2D eigenvalue weighted by atomic mass is 10.2. The number of halogens is 4. The molecule has 0 aliphatic rings. The molecule has 1 N–H and O–H groups in total. The van der Waals surface area contributed by atoms with E-state index in [-0.39, 0.29) is 15.6 Å². The van der Waals surface area contributed by atoms with Gasteiger partial charge in [0.1, 0.15) is 5.82 Å². The van der Waals surface area contributed by atoms with Crippen LogP contribution in [0, 0.1) is 5.82 Å². The molecule has 98 valence electrons. The van der Waals surface area contributed by atoms with E-state index in [4.69, 9.17) is 23.2 Å². The monoisotopic (exact) mass is 361 g/mol. The second kappa shape index (κ2) is 5.90. The van der Waals surface area contributed by atoms with Crippen molar-refractivity contribution in [2.24, 2.45) is 0 Å². The maximum atomic E-state index is 13.0. The van der Waals surface area contributed by atoms with Crippen LogP contribution in [0.15, 0.2) is 40.9 Å². The molecule has 0 fully saturated rings. The first-order chi connectivity index (χ1) is 8.99. The Labute approximate surface area is 127 Å². The zero-order valence-corrected chi connectivity index (χ0v) is 12.5. The van der Waals surface area contributed by atoms with Gasteiger partial charge in [0.2, 0.25) is 0 Å². The fourth-order valence-electron chi connectivity index (χ4n) is 1.49. The zero-order valence-electron chi connectivity index (χ0n) is 9.38. The predicted molar refractivity (Wildman–Crippen MR) is 78.5 cm³/mol. The lowest BCUT2D eigenvalue weighted by Gasteiger charge is -2.09. The van der Waals surface area contributed by atoms with E-state index in [9.17, 15) is 9.18 Å². The van der Waals surface area contributed by atoms with Gasteiger partial charge in [0.05, 0.1) is 21.3 Å². The largest absolute Gasteiger partial charge is 0.321 e. The molecule has 1 amide bonds. The van der Waals surface area contributed by atoms with E-state index in [0.717, 1.165) is 0 Å². The Morgan fingerprint density at radius 1 is 1.16 bits per heavy atom. The summed E-state index contributed by atoms with van der Waals surface area (Å²) in [5.74, 6) is -0.858. The third-order valence-corrected chi connectivity index (χ3v) is 3.66. The van der Waals surface area contributed by atoms with Crippen molar-refractivity contribution in [2.75, 3.05) is 5.32 Å². The Hall–Kier alpha value is -1.10. The van der Waals surface area contributed by atoms with Crippen LogP contribution >= 0.6 is 39.1 Å². The minimum atomic E-state index is -0.456. The molecule has 2 rings (SSSR count). The van der Waals surface area contributed by atoms with Crippen molar-refractivity contribution in [2.45, 2.75) is 0 Å². The molecule has 19 heavy (non-hydrogen) atoms. The second-order valence-electron chi connectivity index (χ2n) is 3.67. The van der Waals surface area contributed by atoms with Gasteiger partial charge in [0.15, 0.2) is 0 Å². The zero-order chi connectivity index (χ0) is 14.0. The van der Waals surface area contributed by atoms with E-state index in [1.807, 2.05) is 0 Å². The third kappa shape index (κ3) is 3.26. The summed E-state index contributed by atoms with van der Waals surface area (Å²) >= 11 is 15.0. The topological polar surface area (TPSA) is 29.1 Å². The molecule has 2 aromatic carbocycles. The first-order valence-corrected chi connectivity index (χ1v) is 6.74. The average molecular weight is 363 g/mol. The van der Waals surface area contributed by atoms with Gasteiger partial charge < -0.3 is 5.32 Å². The summed E-state index contributed by atoms with van der Waals surface area (Å²) in [6.07, 6.45) is 0. The van der Waals surface area contributed by atoms with E-state index in [1.165, 1.54) is 18.2 Å². The Balaban J connectivity index is 2.31. The van der Waals surface area contributed by atoms with Gasteiger partial charge in [-0.1, -0.05) is 29.3 Å². The van der Waals surface area contributed by atoms with Gasteiger partial charge in [-0.25, -0.2) is 4.39 Å². The standard InChI is InChI=1S/C13H7BrCl2FNO/c14-8-6-7(17)4-5-11(8)18-13(19)12-9(15)2-1-3-10(12)16/h1-6H,(H,18,19). The van der Waals surface area contributed by atoms with E-state index < -0.39 is 11.7 Å². The van der Waals surface area contributed by atoms with Crippen molar-refractivity contribution in [3.63, 3.8) is 0 Å². The normalized spacial score (nSPS) is 10.3. The van der Waals surface area contributed by atoms with Crippen LogP contribution in [-0.2, 0) is 0 Å². The number of nitrogens with one attached hydrogen (secondary N) is 1. The summed E-state index contributed by atoms with van der Waals surface area (Å²) in [4.78, 5) is 12.1. The Kier molecular flexibility index (Phi) is 4.45. The highest BCUT2D eigenvalue weighted by molar-refractivity contribution is 9.10. The summed E-state index contributed by atoms with van der Waals surface area (Å²) in [7, 11) is 0. The highest BCUT2D eigenvalue weighted by Crippen LogP contribution is 2.28. The van der Waals surface area contributed by atoms with E-state index in [2.05, 4.69) is 21.2 Å². The molecule has 0 spiro atoms. The van der Waals surface area contributed by atoms with Gasteiger partial charge in [-0.05, 0) is 46.3 Å². The number of benzene rings is 2. The molecule has 0 atom stereocenters. The number of hydrogen-bond acceptors (Lipinski definition) is 1. The number of rotatable bonds is 2. The summed E-state index contributed by atoms with van der Waals surface area (Å²) < 4.78 is 13.4. The molecule has 0 bridgehead atoms. The average Bonchev–Trinajstić information content (AvgIpc) is 2.32. The minimum Gasteiger partial charge on any atom is -0.321 e. The molecule has 0 unspecified atom stereocenters. The number of anilines is 1. The molecule has 0 aliphatic carbocycles. The highest BCUT2D eigenvalue weighted by Gasteiger charge is 2.15. The SMILES string of the molecule is O=C(Nc1ccc(F)cc1Br)c1c(Cl)cccc1Cl. The van der Waals surface area contributed by atoms with Crippen LogP contribution in [0.2, 0.25) is 10.0 Å². The molecule has 0 heterocycles. The van der Waals surface area contributed by atoms with Gasteiger partial charge >= 0.3 is 0 Å². The molecule has 2 aromatic rings. The number of carbonyl (C=O) groups is 1. The van der Waals surface area contributed by atoms with Crippen LogP contribution in [0.25, 0.3) is 0 Å². The molecule has 0 radical (unpaired) electrons. The van der Waals surface area contributed by atoms with Gasteiger partial charge in [-0.15, -0.1) is 0 Å². The van der Waals surface area contributed by atoms with E-state index >= 15 is 0 Å². The number of hydrogen-bond donors (Lipinski definition) is 1. The van der Waals surface area contributed by atoms with Crippen LogP contribution in [0.3, 0.4) is 0 Å². The molecule has 0 saturated carbocycles. The van der Waals surface area contributed by atoms with Crippen LogP contribution in [0.4, 0.5) is 10.1 Å². The molecular weight excluding hydrogens is 356 g/mol. The highest BCUT2D eigenvalue weighted by atomic mass is 79.9. The lowest BCUT2D eigenvalue weighted by molar-refractivity contribution is 0.102. The third-order valence-electron chi connectivity index (χ3n) is 2.37.